The summed E-state index contributed by atoms with van der Waals surface area (Å²) in [4.78, 5) is 4.07. The first-order valence-electron chi connectivity index (χ1n) is 8.91. The smallest absolute Gasteiger partial charge is 0.488 e. The fourth-order valence-electron chi connectivity index (χ4n) is 2.77. The van der Waals surface area contributed by atoms with E-state index >= 15 is 0 Å². The van der Waals surface area contributed by atoms with Crippen LogP contribution in [-0.2, 0) is 15.9 Å². The Morgan fingerprint density at radius 1 is 0.962 bits per heavy atom. The third-order valence-electron chi connectivity index (χ3n) is 5.09. The van der Waals surface area contributed by atoms with E-state index in [-0.39, 0.29) is 18.3 Å². The van der Waals surface area contributed by atoms with Crippen molar-refractivity contribution >= 4 is 18.8 Å². The number of para-hydroxylation sites is 1. The molecule has 0 aromatic heterocycles. The quantitative estimate of drug-likeness (QED) is 0.610. The Labute approximate surface area is 156 Å². The second kappa shape index (κ2) is 7.26. The molecule has 0 aliphatic carbocycles. The fraction of sp³-hybridized carbons (Fsp3) is 0.381. The van der Waals surface area contributed by atoms with Gasteiger partial charge < -0.3 is 14.0 Å². The van der Waals surface area contributed by atoms with E-state index < -0.39 is 0 Å². The monoisotopic (exact) mass is 351 g/mol. The third kappa shape index (κ3) is 3.84. The molecular weight excluding hydrogens is 325 g/mol. The van der Waals surface area contributed by atoms with Gasteiger partial charge in [0, 0.05) is 18.8 Å². The van der Waals surface area contributed by atoms with Crippen molar-refractivity contribution in [2.24, 2.45) is 4.99 Å². The van der Waals surface area contributed by atoms with E-state index in [1.807, 2.05) is 36.4 Å². The van der Waals surface area contributed by atoms with Gasteiger partial charge in [-0.25, -0.2) is 0 Å². The van der Waals surface area contributed by atoms with Crippen molar-refractivity contribution in [1.29, 1.82) is 0 Å². The van der Waals surface area contributed by atoms with Crippen LogP contribution in [0.1, 0.15) is 38.8 Å². The molecule has 136 valence electrons. The van der Waals surface area contributed by atoms with E-state index in [9.17, 15) is 0 Å². The van der Waals surface area contributed by atoms with Gasteiger partial charge in [0.1, 0.15) is 12.4 Å². The van der Waals surface area contributed by atoms with Crippen molar-refractivity contribution in [2.75, 3.05) is 7.05 Å². The average molecular weight is 351 g/mol. The molecule has 1 heterocycles. The highest BCUT2D eigenvalue weighted by Crippen LogP contribution is 2.36. The molecule has 0 saturated carbocycles. The molecule has 1 fully saturated rings. The molecule has 1 saturated heterocycles. The molecule has 0 amide bonds. The Kier molecular flexibility index (Phi) is 5.21. The molecular formula is C21H26BNO3. The minimum absolute atomic E-state index is 0.329. The Morgan fingerprint density at radius 3 is 2.19 bits per heavy atom. The second-order valence-corrected chi connectivity index (χ2v) is 7.54. The normalized spacial score (nSPS) is 18.4. The first-order valence-corrected chi connectivity index (χ1v) is 8.91. The van der Waals surface area contributed by atoms with Gasteiger partial charge >= 0.3 is 7.12 Å². The third-order valence-corrected chi connectivity index (χ3v) is 5.09. The van der Waals surface area contributed by atoms with Crippen molar-refractivity contribution in [1.82, 2.24) is 0 Å². The standard InChI is InChI=1S/C21H26BNO3/c1-20(2)21(3,4)26-22(25-20)18-12-10-16(11-13-18)15-24-19-9-7-6-8-17(19)14-23-5/h6-14H,15H2,1-5H3/b23-14+. The molecule has 5 heteroatoms. The summed E-state index contributed by atoms with van der Waals surface area (Å²) in [5.41, 5.74) is 2.43. The molecule has 4 nitrogen and oxygen atoms in total. The maximum absolute atomic E-state index is 6.09. The van der Waals surface area contributed by atoms with Crippen molar-refractivity contribution in [3.63, 3.8) is 0 Å². The Balaban J connectivity index is 1.66. The second-order valence-electron chi connectivity index (χ2n) is 7.54. The van der Waals surface area contributed by atoms with Crippen LogP contribution in [-0.4, -0.2) is 31.6 Å². The summed E-state index contributed by atoms with van der Waals surface area (Å²) >= 11 is 0. The number of rotatable bonds is 5. The number of ether oxygens (including phenoxy) is 1. The largest absolute Gasteiger partial charge is 0.494 e. The Bertz CT molecular complexity index is 768. The van der Waals surface area contributed by atoms with E-state index in [4.69, 9.17) is 14.0 Å². The SMILES string of the molecule is C/N=C/c1ccccc1OCc1ccc(B2OC(C)(C)C(C)(C)O2)cc1. The van der Waals surface area contributed by atoms with E-state index in [1.165, 1.54) is 0 Å². The first kappa shape index (κ1) is 18.7. The van der Waals surface area contributed by atoms with Gasteiger partial charge in [-0.15, -0.1) is 0 Å². The van der Waals surface area contributed by atoms with Crippen molar-refractivity contribution in [3.05, 3.63) is 59.7 Å². The van der Waals surface area contributed by atoms with E-state index in [2.05, 4.69) is 44.8 Å². The number of aliphatic imine (C=N–C) groups is 1. The molecule has 0 radical (unpaired) electrons. The van der Waals surface area contributed by atoms with Gasteiger partial charge in [0.2, 0.25) is 0 Å². The summed E-state index contributed by atoms with van der Waals surface area (Å²) in [5, 5.41) is 0. The molecule has 2 aromatic carbocycles. The molecule has 0 bridgehead atoms. The zero-order valence-corrected chi connectivity index (χ0v) is 16.2. The number of nitrogens with zero attached hydrogens (tertiary/aromatic N) is 1. The van der Waals surface area contributed by atoms with Crippen LogP contribution in [0.4, 0.5) is 0 Å². The van der Waals surface area contributed by atoms with E-state index in [1.54, 1.807) is 13.3 Å². The predicted molar refractivity (Wildman–Crippen MR) is 106 cm³/mol. The molecule has 26 heavy (non-hydrogen) atoms. The summed E-state index contributed by atoms with van der Waals surface area (Å²) < 4.78 is 18.1. The first-order chi connectivity index (χ1) is 12.3. The molecule has 0 atom stereocenters. The Hall–Kier alpha value is -2.11. The highest BCUT2D eigenvalue weighted by Gasteiger charge is 2.51. The fourth-order valence-corrected chi connectivity index (χ4v) is 2.77. The van der Waals surface area contributed by atoms with Gasteiger partial charge in [0.25, 0.3) is 0 Å². The van der Waals surface area contributed by atoms with Crippen LogP contribution in [0.25, 0.3) is 0 Å². The predicted octanol–water partition coefficient (Wildman–Crippen LogP) is 3.61. The van der Waals surface area contributed by atoms with Crippen LogP contribution in [0.15, 0.2) is 53.5 Å². The summed E-state index contributed by atoms with van der Waals surface area (Å²) in [6.45, 7) is 8.75. The van der Waals surface area contributed by atoms with Gasteiger partial charge in [-0.05, 0) is 50.9 Å². The molecule has 0 N–H and O–H groups in total. The van der Waals surface area contributed by atoms with Gasteiger partial charge in [-0.3, -0.25) is 4.99 Å². The van der Waals surface area contributed by atoms with Crippen LogP contribution in [0.3, 0.4) is 0 Å². The highest BCUT2D eigenvalue weighted by atomic mass is 16.7. The molecule has 2 aromatic rings. The van der Waals surface area contributed by atoms with Gasteiger partial charge in [-0.2, -0.15) is 0 Å². The maximum atomic E-state index is 6.09. The summed E-state index contributed by atoms with van der Waals surface area (Å²) in [6, 6.07) is 16.1. The maximum Gasteiger partial charge on any atom is 0.494 e. The number of hydrogen-bond donors (Lipinski definition) is 0. The van der Waals surface area contributed by atoms with Crippen molar-refractivity contribution in [2.45, 2.75) is 45.5 Å². The van der Waals surface area contributed by atoms with Crippen molar-refractivity contribution < 1.29 is 14.0 Å². The van der Waals surface area contributed by atoms with Crippen LogP contribution in [0, 0.1) is 0 Å². The van der Waals surface area contributed by atoms with Crippen LogP contribution in [0.2, 0.25) is 0 Å². The van der Waals surface area contributed by atoms with E-state index in [0.717, 1.165) is 22.3 Å². The zero-order valence-electron chi connectivity index (χ0n) is 16.2. The lowest BCUT2D eigenvalue weighted by Crippen LogP contribution is -2.41. The Morgan fingerprint density at radius 2 is 1.58 bits per heavy atom. The van der Waals surface area contributed by atoms with Crippen LogP contribution in [0.5, 0.6) is 5.75 Å². The minimum atomic E-state index is -0.337. The van der Waals surface area contributed by atoms with Gasteiger partial charge in [-0.1, -0.05) is 36.4 Å². The lowest BCUT2D eigenvalue weighted by molar-refractivity contribution is 0.00578. The molecule has 0 unspecified atom stereocenters. The van der Waals surface area contributed by atoms with Crippen LogP contribution < -0.4 is 10.2 Å². The summed E-state index contributed by atoms with van der Waals surface area (Å²) in [6.07, 6.45) is 1.80. The number of benzene rings is 2. The van der Waals surface area contributed by atoms with Crippen molar-refractivity contribution in [3.8, 4) is 5.75 Å². The van der Waals surface area contributed by atoms with E-state index in [0.29, 0.717) is 6.61 Å². The topological polar surface area (TPSA) is 40.0 Å². The molecule has 0 spiro atoms. The lowest BCUT2D eigenvalue weighted by Gasteiger charge is -2.32. The molecule has 1 aliphatic heterocycles. The van der Waals surface area contributed by atoms with Crippen LogP contribution >= 0.6 is 0 Å². The lowest BCUT2D eigenvalue weighted by atomic mass is 9.79. The van der Waals surface area contributed by atoms with Gasteiger partial charge in [0.15, 0.2) is 0 Å². The number of hydrogen-bond acceptors (Lipinski definition) is 4. The molecule has 1 aliphatic rings. The summed E-state index contributed by atoms with van der Waals surface area (Å²) in [7, 11) is 1.42. The highest BCUT2D eigenvalue weighted by molar-refractivity contribution is 6.62. The summed E-state index contributed by atoms with van der Waals surface area (Å²) in [5.74, 6) is 0.827. The minimum Gasteiger partial charge on any atom is -0.488 e. The zero-order chi connectivity index (χ0) is 18.8. The van der Waals surface area contributed by atoms with Gasteiger partial charge in [0.05, 0.1) is 11.2 Å². The molecule has 3 rings (SSSR count). The average Bonchev–Trinajstić information content (AvgIpc) is 2.82.